The van der Waals surface area contributed by atoms with Crippen molar-refractivity contribution in [1.82, 2.24) is 24.5 Å². The summed E-state index contributed by atoms with van der Waals surface area (Å²) in [7, 11) is 0. The van der Waals surface area contributed by atoms with E-state index >= 15 is 0 Å². The molecule has 0 radical (unpaired) electrons. The van der Waals surface area contributed by atoms with Crippen molar-refractivity contribution in [1.29, 1.82) is 0 Å². The summed E-state index contributed by atoms with van der Waals surface area (Å²) in [6.45, 7) is 4.14. The number of aromatic nitrogens is 5. The van der Waals surface area contributed by atoms with Crippen molar-refractivity contribution >= 4 is 0 Å². The third-order valence-electron chi connectivity index (χ3n) is 8.40. The van der Waals surface area contributed by atoms with Gasteiger partial charge in [0.1, 0.15) is 0 Å². The minimum Gasteiger partial charge on any atom is -0.502 e. The summed E-state index contributed by atoms with van der Waals surface area (Å²) < 4.78 is 9.95. The molecular weight excluding hydrogens is 738 g/mol. The van der Waals surface area contributed by atoms with Crippen LogP contribution in [0, 0.1) is 26.1 Å². The maximum absolute atomic E-state index is 6.36. The number of benzene rings is 4. The van der Waals surface area contributed by atoms with E-state index in [1.807, 2.05) is 55.0 Å². The van der Waals surface area contributed by atoms with E-state index in [-0.39, 0.29) is 21.1 Å². The van der Waals surface area contributed by atoms with Gasteiger partial charge in [0.15, 0.2) is 0 Å². The number of rotatable bonds is 6. The minimum atomic E-state index is -0.643. The topological polar surface area (TPSA) is 57.8 Å². The fraction of sp³-hybridized carbons (Fsp3) is 0.0789. The van der Waals surface area contributed by atoms with Gasteiger partial charge in [-0.25, -0.2) is 4.68 Å². The summed E-state index contributed by atoms with van der Waals surface area (Å²) in [6, 6.07) is 41.0. The normalized spacial score (nSPS) is 12.7. The van der Waals surface area contributed by atoms with Crippen molar-refractivity contribution in [2.24, 2.45) is 0 Å². The molecule has 220 valence electrons. The van der Waals surface area contributed by atoms with E-state index in [1.54, 1.807) is 9.25 Å². The standard InChI is InChI=1S/C38H27N5O.Pt/c1-26-11-9-12-27(2)37(26)43-25-36(40-41-43)42-22-20-30(24-42)44-29-14-10-13-28(23-29)38(35-19-7-8-21-39-35)33-17-5-3-15-31(33)32-16-4-6-18-34(32)38;/h3-22,25H,1-2H3;/q-2;+2. The molecule has 1 aliphatic carbocycles. The monoisotopic (exact) mass is 764 g/mol. The maximum Gasteiger partial charge on any atom is 2.00 e. The molecule has 0 fully saturated rings. The van der Waals surface area contributed by atoms with Gasteiger partial charge in [-0.15, -0.1) is 30.0 Å². The molecule has 3 aromatic heterocycles. The molecule has 7 heteroatoms. The number of ether oxygens (including phenoxy) is 1. The molecule has 45 heavy (non-hydrogen) atoms. The van der Waals surface area contributed by atoms with Gasteiger partial charge in [-0.2, -0.15) is 17.2 Å². The number of fused-ring (bicyclic) bond motifs is 3. The van der Waals surface area contributed by atoms with Gasteiger partial charge in [0.25, 0.3) is 0 Å². The summed E-state index contributed by atoms with van der Waals surface area (Å²) >= 11 is 0. The minimum absolute atomic E-state index is 0. The van der Waals surface area contributed by atoms with Gasteiger partial charge in [-0.05, 0) is 65.6 Å². The molecule has 0 amide bonds. The van der Waals surface area contributed by atoms with Crippen LogP contribution in [0.1, 0.15) is 33.5 Å². The Balaban J connectivity index is 0.00000325. The van der Waals surface area contributed by atoms with Crippen LogP contribution in [0.2, 0.25) is 0 Å². The molecule has 0 saturated heterocycles. The van der Waals surface area contributed by atoms with Crippen molar-refractivity contribution in [3.63, 3.8) is 0 Å². The van der Waals surface area contributed by atoms with E-state index in [4.69, 9.17) is 9.72 Å². The second kappa shape index (κ2) is 11.5. The Morgan fingerprint density at radius 3 is 2.11 bits per heavy atom. The van der Waals surface area contributed by atoms with Crippen LogP contribution in [0.15, 0.2) is 128 Å². The SMILES string of the molecule is Cc1cccc(C)c1-n1cc(-n2[c-]c(Oc3[c-]c(C4(c5ccccn5)c5ccccc5-c5ccccc54)ccc3)cc2)nn1.[Pt+2]. The summed E-state index contributed by atoms with van der Waals surface area (Å²) in [5, 5.41) is 8.77. The molecular formula is C38H27N5OPt. The summed E-state index contributed by atoms with van der Waals surface area (Å²) in [5.41, 5.74) is 9.31. The smallest absolute Gasteiger partial charge is 0.502 e. The van der Waals surface area contributed by atoms with Gasteiger partial charge in [-0.1, -0.05) is 78.0 Å². The molecule has 0 atom stereocenters. The molecule has 0 bridgehead atoms. The molecule has 0 N–H and O–H groups in total. The Bertz CT molecular complexity index is 2080. The molecule has 3 heterocycles. The van der Waals surface area contributed by atoms with Crippen LogP contribution in [-0.4, -0.2) is 24.5 Å². The predicted molar refractivity (Wildman–Crippen MR) is 169 cm³/mol. The van der Waals surface area contributed by atoms with Gasteiger partial charge in [0, 0.05) is 18.1 Å². The van der Waals surface area contributed by atoms with E-state index in [9.17, 15) is 0 Å². The molecule has 0 unspecified atom stereocenters. The van der Waals surface area contributed by atoms with Crippen LogP contribution in [0.25, 0.3) is 22.6 Å². The first kappa shape index (κ1) is 28.7. The molecule has 1 aliphatic rings. The first-order valence-corrected chi connectivity index (χ1v) is 14.5. The molecule has 4 aromatic carbocycles. The third-order valence-corrected chi connectivity index (χ3v) is 8.40. The number of hydrogen-bond acceptors (Lipinski definition) is 4. The van der Waals surface area contributed by atoms with E-state index in [2.05, 4.69) is 109 Å². The van der Waals surface area contributed by atoms with E-state index in [0.29, 0.717) is 17.3 Å². The van der Waals surface area contributed by atoms with Crippen molar-refractivity contribution in [3.05, 3.63) is 174 Å². The van der Waals surface area contributed by atoms with E-state index < -0.39 is 5.41 Å². The van der Waals surface area contributed by atoms with Crippen LogP contribution in [-0.2, 0) is 26.5 Å². The fourth-order valence-electron chi connectivity index (χ4n) is 6.54. The maximum atomic E-state index is 6.36. The molecule has 7 aromatic rings. The van der Waals surface area contributed by atoms with Gasteiger partial charge in [0.2, 0.25) is 0 Å². The quantitative estimate of drug-likeness (QED) is 0.162. The molecule has 0 spiro atoms. The second-order valence-electron chi connectivity index (χ2n) is 11.0. The van der Waals surface area contributed by atoms with Crippen molar-refractivity contribution in [3.8, 4) is 34.1 Å². The predicted octanol–water partition coefficient (Wildman–Crippen LogP) is 7.82. The summed E-state index contributed by atoms with van der Waals surface area (Å²) in [4.78, 5) is 4.91. The Hall–Kier alpha value is -5.06. The zero-order chi connectivity index (χ0) is 29.7. The van der Waals surface area contributed by atoms with Gasteiger partial charge >= 0.3 is 21.1 Å². The summed E-state index contributed by atoms with van der Waals surface area (Å²) in [5.74, 6) is 1.79. The Kier molecular flexibility index (Phi) is 7.31. The average molecular weight is 765 g/mol. The van der Waals surface area contributed by atoms with Gasteiger partial charge in [-0.3, -0.25) is 4.98 Å². The van der Waals surface area contributed by atoms with Crippen molar-refractivity contribution in [2.75, 3.05) is 0 Å². The first-order chi connectivity index (χ1) is 21.6. The van der Waals surface area contributed by atoms with Gasteiger partial charge in [0.05, 0.1) is 28.4 Å². The second-order valence-corrected chi connectivity index (χ2v) is 11.0. The number of aryl methyl sites for hydroxylation is 2. The molecule has 6 nitrogen and oxygen atoms in total. The number of hydrogen-bond donors (Lipinski definition) is 0. The van der Waals surface area contributed by atoms with Crippen LogP contribution in [0.3, 0.4) is 0 Å². The first-order valence-electron chi connectivity index (χ1n) is 14.5. The zero-order valence-electron chi connectivity index (χ0n) is 24.6. The van der Waals surface area contributed by atoms with Gasteiger partial charge < -0.3 is 9.30 Å². The average Bonchev–Trinajstić information content (AvgIpc) is 3.79. The van der Waals surface area contributed by atoms with Crippen LogP contribution in [0.4, 0.5) is 0 Å². The van der Waals surface area contributed by atoms with Crippen LogP contribution >= 0.6 is 0 Å². The molecule has 8 rings (SSSR count). The fourth-order valence-corrected chi connectivity index (χ4v) is 6.54. The Morgan fingerprint density at radius 1 is 0.711 bits per heavy atom. The van der Waals surface area contributed by atoms with Crippen LogP contribution in [0.5, 0.6) is 11.5 Å². The number of nitrogens with zero attached hydrogens (tertiary/aromatic N) is 5. The Labute approximate surface area is 276 Å². The third kappa shape index (κ3) is 4.65. The Morgan fingerprint density at radius 2 is 1.40 bits per heavy atom. The number of pyridine rings is 1. The largest absolute Gasteiger partial charge is 2.00 e. The summed E-state index contributed by atoms with van der Waals surface area (Å²) in [6.07, 6.45) is 8.91. The van der Waals surface area contributed by atoms with E-state index in [0.717, 1.165) is 28.1 Å². The molecule has 0 saturated carbocycles. The van der Waals surface area contributed by atoms with Crippen LogP contribution < -0.4 is 4.74 Å². The van der Waals surface area contributed by atoms with Crippen molar-refractivity contribution in [2.45, 2.75) is 19.3 Å². The zero-order valence-corrected chi connectivity index (χ0v) is 26.9. The molecule has 0 aliphatic heterocycles. The number of para-hydroxylation sites is 1. The van der Waals surface area contributed by atoms with E-state index in [1.165, 1.54) is 22.3 Å². The van der Waals surface area contributed by atoms with Crippen molar-refractivity contribution < 1.29 is 25.8 Å².